The summed E-state index contributed by atoms with van der Waals surface area (Å²) in [5.74, 6) is 1.05. The summed E-state index contributed by atoms with van der Waals surface area (Å²) in [5, 5.41) is 20.6. The summed E-state index contributed by atoms with van der Waals surface area (Å²) in [6.45, 7) is 2.40. The average Bonchev–Trinajstić information content (AvgIpc) is 2.77. The molecule has 7 heteroatoms. The molecule has 0 N–H and O–H groups in total. The molecule has 0 aliphatic carbocycles. The van der Waals surface area contributed by atoms with Crippen LogP contribution in [0.1, 0.15) is 22.3 Å². The molecule has 0 aliphatic heterocycles. The van der Waals surface area contributed by atoms with Gasteiger partial charge in [-0.2, -0.15) is 5.26 Å². The van der Waals surface area contributed by atoms with E-state index < -0.39 is 4.92 Å². The van der Waals surface area contributed by atoms with Crippen molar-refractivity contribution in [2.45, 2.75) is 13.5 Å². The number of rotatable bonds is 7. The molecular formula is C24H19BrN2O4. The first-order valence-electron chi connectivity index (χ1n) is 9.33. The van der Waals surface area contributed by atoms with Crippen LogP contribution in [0, 0.1) is 28.4 Å². The number of benzene rings is 3. The lowest BCUT2D eigenvalue weighted by molar-refractivity contribution is -0.384. The van der Waals surface area contributed by atoms with Gasteiger partial charge in [0.15, 0.2) is 11.5 Å². The minimum absolute atomic E-state index is 0.0720. The van der Waals surface area contributed by atoms with Crippen molar-refractivity contribution in [3.8, 4) is 17.6 Å². The third-order valence-corrected chi connectivity index (χ3v) is 5.14. The number of nitro benzene ring substituents is 1. The largest absolute Gasteiger partial charge is 0.493 e. The zero-order valence-corrected chi connectivity index (χ0v) is 18.5. The van der Waals surface area contributed by atoms with Gasteiger partial charge in [0.2, 0.25) is 0 Å². The first kappa shape index (κ1) is 22.1. The Bertz CT molecular complexity index is 1180. The Hall–Kier alpha value is -3.63. The third-order valence-electron chi connectivity index (χ3n) is 4.55. The second kappa shape index (κ2) is 9.92. The van der Waals surface area contributed by atoms with Crippen molar-refractivity contribution < 1.29 is 14.4 Å². The van der Waals surface area contributed by atoms with Crippen LogP contribution < -0.4 is 9.47 Å². The molecule has 0 atom stereocenters. The van der Waals surface area contributed by atoms with Gasteiger partial charge in [0.1, 0.15) is 6.61 Å². The van der Waals surface area contributed by atoms with Gasteiger partial charge in [0, 0.05) is 12.1 Å². The van der Waals surface area contributed by atoms with E-state index in [0.717, 1.165) is 5.56 Å². The Morgan fingerprint density at radius 3 is 2.58 bits per heavy atom. The predicted octanol–water partition coefficient (Wildman–Crippen LogP) is 6.32. The molecule has 0 fully saturated rings. The molecule has 6 nitrogen and oxygen atoms in total. The third kappa shape index (κ3) is 5.50. The fraction of sp³-hybridized carbons (Fsp3) is 0.125. The van der Waals surface area contributed by atoms with Crippen LogP contribution in [0.25, 0.3) is 11.6 Å². The van der Waals surface area contributed by atoms with E-state index >= 15 is 0 Å². The Morgan fingerprint density at radius 1 is 1.19 bits per heavy atom. The van der Waals surface area contributed by atoms with E-state index in [2.05, 4.69) is 22.0 Å². The zero-order valence-electron chi connectivity index (χ0n) is 17.0. The number of allylic oxidation sites excluding steroid dienone is 1. The maximum absolute atomic E-state index is 11.0. The summed E-state index contributed by atoms with van der Waals surface area (Å²) in [6.07, 6.45) is 1.65. The Morgan fingerprint density at radius 2 is 1.94 bits per heavy atom. The van der Waals surface area contributed by atoms with Gasteiger partial charge in [0.05, 0.1) is 28.1 Å². The molecule has 0 radical (unpaired) electrons. The number of hydrogen-bond acceptors (Lipinski definition) is 5. The molecule has 3 aromatic rings. The first-order valence-corrected chi connectivity index (χ1v) is 10.1. The lowest BCUT2D eigenvalue weighted by Gasteiger charge is -2.14. The van der Waals surface area contributed by atoms with Crippen LogP contribution in [0.2, 0.25) is 0 Å². The van der Waals surface area contributed by atoms with Crippen LogP contribution in [0.5, 0.6) is 11.5 Å². The minimum atomic E-state index is -0.488. The van der Waals surface area contributed by atoms with Crippen LogP contribution >= 0.6 is 15.9 Å². The van der Waals surface area contributed by atoms with Crippen molar-refractivity contribution in [3.05, 3.63) is 97.5 Å². The summed E-state index contributed by atoms with van der Waals surface area (Å²) in [4.78, 5) is 10.5. The standard InChI is InChI=1S/C24H19BrN2O4/c1-16-6-8-17(9-7-16)15-31-24-22(25)11-18(12-23(24)30-2)10-20(14-26)19-4-3-5-21(13-19)27(28)29/h3-13H,15H2,1-2H3/b20-10-. The van der Waals surface area contributed by atoms with Crippen molar-refractivity contribution in [2.75, 3.05) is 7.11 Å². The second-order valence-corrected chi connectivity index (χ2v) is 7.64. The lowest BCUT2D eigenvalue weighted by atomic mass is 10.0. The lowest BCUT2D eigenvalue weighted by Crippen LogP contribution is -1.99. The smallest absolute Gasteiger partial charge is 0.270 e. The molecule has 0 aliphatic rings. The monoisotopic (exact) mass is 478 g/mol. The molecule has 0 amide bonds. The van der Waals surface area contributed by atoms with Gasteiger partial charge in [-0.15, -0.1) is 0 Å². The van der Waals surface area contributed by atoms with E-state index in [1.807, 2.05) is 37.3 Å². The number of nitriles is 1. The molecule has 0 saturated heterocycles. The summed E-state index contributed by atoms with van der Waals surface area (Å²) >= 11 is 3.52. The summed E-state index contributed by atoms with van der Waals surface area (Å²) in [6, 6.07) is 19.7. The summed E-state index contributed by atoms with van der Waals surface area (Å²) in [5.41, 5.74) is 3.58. The maximum Gasteiger partial charge on any atom is 0.270 e. The first-order chi connectivity index (χ1) is 14.9. The Labute approximate surface area is 188 Å². The molecule has 3 aromatic carbocycles. The van der Waals surface area contributed by atoms with Crippen molar-refractivity contribution >= 4 is 33.3 Å². The number of nitrogens with zero attached hydrogens (tertiary/aromatic N) is 2. The Balaban J connectivity index is 1.90. The number of nitro groups is 1. The van der Waals surface area contributed by atoms with Gasteiger partial charge >= 0.3 is 0 Å². The second-order valence-electron chi connectivity index (χ2n) is 6.79. The molecule has 0 bridgehead atoms. The molecule has 0 unspecified atom stereocenters. The molecule has 31 heavy (non-hydrogen) atoms. The highest BCUT2D eigenvalue weighted by molar-refractivity contribution is 9.10. The highest BCUT2D eigenvalue weighted by atomic mass is 79.9. The molecule has 0 spiro atoms. The fourth-order valence-corrected chi connectivity index (χ4v) is 3.51. The quantitative estimate of drug-likeness (QED) is 0.171. The highest BCUT2D eigenvalue weighted by Gasteiger charge is 2.13. The van der Waals surface area contributed by atoms with E-state index in [1.54, 1.807) is 31.4 Å². The van der Waals surface area contributed by atoms with Gasteiger partial charge in [-0.1, -0.05) is 42.0 Å². The molecule has 156 valence electrons. The molecule has 0 aromatic heterocycles. The van der Waals surface area contributed by atoms with Crippen LogP contribution in [0.15, 0.2) is 65.1 Å². The highest BCUT2D eigenvalue weighted by Crippen LogP contribution is 2.38. The zero-order chi connectivity index (χ0) is 22.4. The maximum atomic E-state index is 11.0. The van der Waals surface area contributed by atoms with E-state index in [9.17, 15) is 15.4 Å². The van der Waals surface area contributed by atoms with Crippen molar-refractivity contribution in [2.24, 2.45) is 0 Å². The SMILES string of the molecule is COc1cc(/C=C(/C#N)c2cccc([N+](=O)[O-])c2)cc(Br)c1OCc1ccc(C)cc1. The average molecular weight is 479 g/mol. The summed E-state index contributed by atoms with van der Waals surface area (Å²) in [7, 11) is 1.54. The number of methoxy groups -OCH3 is 1. The number of non-ortho nitro benzene ring substituents is 1. The van der Waals surface area contributed by atoms with Crippen LogP contribution in [0.4, 0.5) is 5.69 Å². The van der Waals surface area contributed by atoms with Gasteiger partial charge in [-0.3, -0.25) is 10.1 Å². The number of ether oxygens (including phenoxy) is 2. The predicted molar refractivity (Wildman–Crippen MR) is 123 cm³/mol. The van der Waals surface area contributed by atoms with E-state index in [0.29, 0.717) is 39.3 Å². The van der Waals surface area contributed by atoms with Crippen molar-refractivity contribution in [1.82, 2.24) is 0 Å². The topological polar surface area (TPSA) is 85.4 Å². The fourth-order valence-electron chi connectivity index (χ4n) is 2.94. The van der Waals surface area contributed by atoms with Crippen LogP contribution in [-0.4, -0.2) is 12.0 Å². The number of halogens is 1. The normalized spacial score (nSPS) is 11.0. The van der Waals surface area contributed by atoms with E-state index in [-0.39, 0.29) is 5.69 Å². The molecular weight excluding hydrogens is 460 g/mol. The van der Waals surface area contributed by atoms with Gasteiger partial charge in [-0.05, 0) is 57.8 Å². The Kier molecular flexibility index (Phi) is 7.06. The van der Waals surface area contributed by atoms with E-state index in [4.69, 9.17) is 9.47 Å². The van der Waals surface area contributed by atoms with E-state index in [1.165, 1.54) is 17.7 Å². The van der Waals surface area contributed by atoms with Crippen LogP contribution in [-0.2, 0) is 6.61 Å². The summed E-state index contributed by atoms with van der Waals surface area (Å²) < 4.78 is 12.1. The number of hydrogen-bond donors (Lipinski definition) is 0. The number of aryl methyl sites for hydroxylation is 1. The van der Waals surface area contributed by atoms with Crippen LogP contribution in [0.3, 0.4) is 0 Å². The van der Waals surface area contributed by atoms with Gasteiger partial charge in [0.25, 0.3) is 5.69 Å². The molecule has 3 rings (SSSR count). The van der Waals surface area contributed by atoms with Gasteiger partial charge in [-0.25, -0.2) is 0 Å². The molecule has 0 saturated carbocycles. The minimum Gasteiger partial charge on any atom is -0.493 e. The molecule has 0 heterocycles. The van der Waals surface area contributed by atoms with Gasteiger partial charge < -0.3 is 9.47 Å². The van der Waals surface area contributed by atoms with Crippen molar-refractivity contribution in [3.63, 3.8) is 0 Å². The van der Waals surface area contributed by atoms with Crippen molar-refractivity contribution in [1.29, 1.82) is 5.26 Å².